The maximum absolute atomic E-state index is 9.16. The topological polar surface area (TPSA) is 36.4 Å². The van der Waals surface area contributed by atoms with Crippen molar-refractivity contribution in [2.75, 3.05) is 25.4 Å². The highest BCUT2D eigenvalue weighted by Gasteiger charge is 2.04. The first-order chi connectivity index (χ1) is 7.81. The van der Waals surface area contributed by atoms with E-state index >= 15 is 0 Å². The molecule has 1 N–H and O–H groups in total. The van der Waals surface area contributed by atoms with E-state index in [4.69, 9.17) is 5.11 Å². The molecule has 0 aromatic carbocycles. The third kappa shape index (κ3) is 4.12. The molecule has 0 aliphatic heterocycles. The number of aliphatic hydroxyl groups is 1. The molecule has 0 saturated carbocycles. The molecule has 0 atom stereocenters. The van der Waals surface area contributed by atoms with Gasteiger partial charge in [-0.05, 0) is 19.2 Å². The lowest BCUT2D eigenvalue weighted by molar-refractivity contribution is 0.278. The highest BCUT2D eigenvalue weighted by atomic mass is 32.2. The third-order valence-electron chi connectivity index (χ3n) is 2.56. The minimum Gasteiger partial charge on any atom is -0.392 e. The van der Waals surface area contributed by atoms with Gasteiger partial charge in [0.25, 0.3) is 0 Å². The molecule has 0 aliphatic rings. The smallest absolute Gasteiger partial charge is 0.101 e. The molecule has 1 heterocycles. The molecule has 0 amide bonds. The zero-order valence-electron chi connectivity index (χ0n) is 10.0. The van der Waals surface area contributed by atoms with Crippen LogP contribution in [0.2, 0.25) is 0 Å². The Hall–Kier alpha value is -0.580. The van der Waals surface area contributed by atoms with Gasteiger partial charge in [-0.2, -0.15) is 0 Å². The molecule has 1 rings (SSSR count). The second-order valence-corrected chi connectivity index (χ2v) is 4.58. The molecular formula is C12H20N2OS. The van der Waals surface area contributed by atoms with E-state index in [2.05, 4.69) is 23.7 Å². The van der Waals surface area contributed by atoms with Gasteiger partial charge in [0.2, 0.25) is 0 Å². The summed E-state index contributed by atoms with van der Waals surface area (Å²) in [6.45, 7) is 7.67. The molecule has 0 radical (unpaired) electrons. The van der Waals surface area contributed by atoms with Crippen LogP contribution in [0, 0.1) is 0 Å². The van der Waals surface area contributed by atoms with Crippen LogP contribution in [0.3, 0.4) is 0 Å². The number of hydrogen-bond acceptors (Lipinski definition) is 4. The van der Waals surface area contributed by atoms with E-state index in [1.165, 1.54) is 0 Å². The van der Waals surface area contributed by atoms with E-state index in [1.807, 2.05) is 12.1 Å². The monoisotopic (exact) mass is 240 g/mol. The van der Waals surface area contributed by atoms with Gasteiger partial charge in [-0.3, -0.25) is 0 Å². The van der Waals surface area contributed by atoms with Crippen molar-refractivity contribution < 1.29 is 5.11 Å². The van der Waals surface area contributed by atoms with Crippen molar-refractivity contribution >= 4 is 11.8 Å². The van der Waals surface area contributed by atoms with Crippen molar-refractivity contribution in [3.63, 3.8) is 0 Å². The Kier molecular flexibility index (Phi) is 6.45. The quantitative estimate of drug-likeness (QED) is 0.740. The van der Waals surface area contributed by atoms with Crippen molar-refractivity contribution in [2.45, 2.75) is 25.5 Å². The molecule has 16 heavy (non-hydrogen) atoms. The molecule has 0 unspecified atom stereocenters. The van der Waals surface area contributed by atoms with Crippen molar-refractivity contribution in [1.29, 1.82) is 0 Å². The van der Waals surface area contributed by atoms with Crippen LogP contribution in [0.1, 0.15) is 19.4 Å². The van der Waals surface area contributed by atoms with Gasteiger partial charge in [0.1, 0.15) is 5.03 Å². The van der Waals surface area contributed by atoms with Crippen molar-refractivity contribution in [2.24, 2.45) is 0 Å². The van der Waals surface area contributed by atoms with E-state index in [1.54, 1.807) is 18.0 Å². The van der Waals surface area contributed by atoms with Crippen LogP contribution in [0.15, 0.2) is 23.4 Å². The number of nitrogens with zero attached hydrogens (tertiary/aromatic N) is 2. The highest BCUT2D eigenvalue weighted by Crippen LogP contribution is 2.19. The van der Waals surface area contributed by atoms with Crippen LogP contribution in [0.25, 0.3) is 0 Å². The second-order valence-electron chi connectivity index (χ2n) is 3.50. The fraction of sp³-hybridized carbons (Fsp3) is 0.583. The van der Waals surface area contributed by atoms with Crippen molar-refractivity contribution in [3.8, 4) is 0 Å². The minimum absolute atomic E-state index is 0.0709. The van der Waals surface area contributed by atoms with Crippen LogP contribution < -0.4 is 0 Å². The van der Waals surface area contributed by atoms with Gasteiger partial charge >= 0.3 is 0 Å². The summed E-state index contributed by atoms with van der Waals surface area (Å²) in [6.07, 6.45) is 1.78. The summed E-state index contributed by atoms with van der Waals surface area (Å²) >= 11 is 1.72. The van der Waals surface area contributed by atoms with Gasteiger partial charge in [-0.15, -0.1) is 11.8 Å². The Labute approximate surface area is 102 Å². The molecule has 4 heteroatoms. The summed E-state index contributed by atoms with van der Waals surface area (Å²) in [5.74, 6) is 1.02. The Balaban J connectivity index is 2.42. The Morgan fingerprint density at radius 1 is 1.38 bits per heavy atom. The number of rotatable bonds is 7. The predicted molar refractivity (Wildman–Crippen MR) is 68.7 cm³/mol. The lowest BCUT2D eigenvalue weighted by atomic mass is 10.3. The molecule has 1 aromatic rings. The summed E-state index contributed by atoms with van der Waals surface area (Å²) in [5.41, 5.74) is 0.923. The van der Waals surface area contributed by atoms with Crippen molar-refractivity contribution in [3.05, 3.63) is 23.9 Å². The standard InChI is InChI=1S/C12H20N2OS/c1-3-14(4-2)8-9-16-12-11(10-15)6-5-7-13-12/h5-7,15H,3-4,8-10H2,1-2H3. The summed E-state index contributed by atoms with van der Waals surface area (Å²) < 4.78 is 0. The summed E-state index contributed by atoms with van der Waals surface area (Å²) in [6, 6.07) is 3.78. The fourth-order valence-electron chi connectivity index (χ4n) is 1.49. The lowest BCUT2D eigenvalue weighted by Gasteiger charge is -2.17. The van der Waals surface area contributed by atoms with E-state index in [0.29, 0.717) is 0 Å². The van der Waals surface area contributed by atoms with Gasteiger partial charge < -0.3 is 10.0 Å². The van der Waals surface area contributed by atoms with Gasteiger partial charge in [0.05, 0.1) is 6.61 Å². The highest BCUT2D eigenvalue weighted by molar-refractivity contribution is 7.99. The first-order valence-corrected chi connectivity index (χ1v) is 6.70. The molecule has 1 aromatic heterocycles. The largest absolute Gasteiger partial charge is 0.392 e. The zero-order chi connectivity index (χ0) is 11.8. The second kappa shape index (κ2) is 7.65. The molecule has 0 bridgehead atoms. The Morgan fingerprint density at radius 3 is 2.75 bits per heavy atom. The summed E-state index contributed by atoms with van der Waals surface area (Å²) in [7, 11) is 0. The predicted octanol–water partition coefficient (Wildman–Crippen LogP) is 2.01. The Morgan fingerprint density at radius 2 is 2.12 bits per heavy atom. The molecule has 90 valence electrons. The Bertz CT molecular complexity index is 303. The number of hydrogen-bond donors (Lipinski definition) is 1. The summed E-state index contributed by atoms with van der Waals surface area (Å²) in [4.78, 5) is 6.67. The fourth-order valence-corrected chi connectivity index (χ4v) is 2.48. The van der Waals surface area contributed by atoms with E-state index in [-0.39, 0.29) is 6.61 Å². The SMILES string of the molecule is CCN(CC)CCSc1ncccc1CO. The molecule has 3 nitrogen and oxygen atoms in total. The first-order valence-electron chi connectivity index (χ1n) is 5.71. The molecule has 0 fully saturated rings. The average Bonchev–Trinajstić information content (AvgIpc) is 2.35. The summed E-state index contributed by atoms with van der Waals surface area (Å²) in [5, 5.41) is 10.1. The van der Waals surface area contributed by atoms with E-state index < -0.39 is 0 Å². The number of aliphatic hydroxyl groups excluding tert-OH is 1. The van der Waals surface area contributed by atoms with Crippen LogP contribution >= 0.6 is 11.8 Å². The number of thioether (sulfide) groups is 1. The molecule has 0 saturated heterocycles. The number of pyridine rings is 1. The first kappa shape index (κ1) is 13.5. The zero-order valence-corrected chi connectivity index (χ0v) is 10.8. The van der Waals surface area contributed by atoms with E-state index in [0.717, 1.165) is 36.0 Å². The maximum atomic E-state index is 9.16. The van der Waals surface area contributed by atoms with Gasteiger partial charge in [-0.1, -0.05) is 19.9 Å². The van der Waals surface area contributed by atoms with Crippen LogP contribution in [-0.2, 0) is 6.61 Å². The van der Waals surface area contributed by atoms with Gasteiger partial charge in [-0.25, -0.2) is 4.98 Å². The molecule has 0 aliphatic carbocycles. The third-order valence-corrected chi connectivity index (χ3v) is 3.59. The van der Waals surface area contributed by atoms with Crippen molar-refractivity contribution in [1.82, 2.24) is 9.88 Å². The number of aromatic nitrogens is 1. The lowest BCUT2D eigenvalue weighted by Crippen LogP contribution is -2.25. The van der Waals surface area contributed by atoms with Gasteiger partial charge in [0, 0.05) is 24.1 Å². The minimum atomic E-state index is 0.0709. The van der Waals surface area contributed by atoms with Crippen LogP contribution in [-0.4, -0.2) is 40.4 Å². The maximum Gasteiger partial charge on any atom is 0.101 e. The average molecular weight is 240 g/mol. The molecular weight excluding hydrogens is 220 g/mol. The normalized spacial score (nSPS) is 11.0. The molecule has 0 spiro atoms. The van der Waals surface area contributed by atoms with Crippen LogP contribution in [0.4, 0.5) is 0 Å². The van der Waals surface area contributed by atoms with Gasteiger partial charge in [0.15, 0.2) is 0 Å². The van der Waals surface area contributed by atoms with Crippen LogP contribution in [0.5, 0.6) is 0 Å². The van der Waals surface area contributed by atoms with E-state index in [9.17, 15) is 0 Å².